The first-order valence-electron chi connectivity index (χ1n) is 19.6. The molecule has 2 aliphatic heterocycles. The monoisotopic (exact) mass is 879 g/mol. The highest BCUT2D eigenvalue weighted by Gasteiger charge is 2.69. The fraction of sp³-hybridized carbons (Fsp3) is 0.273. The number of hydrogen-bond acceptors (Lipinski definition) is 11. The highest BCUT2D eigenvalue weighted by atomic mass is 35.5. The van der Waals surface area contributed by atoms with Crippen LogP contribution in [0.15, 0.2) is 105 Å². The van der Waals surface area contributed by atoms with Crippen molar-refractivity contribution in [3.63, 3.8) is 0 Å². The van der Waals surface area contributed by atoms with E-state index in [1.54, 1.807) is 79.9 Å². The number of nitrogens with zero attached hydrogens (tertiary/aromatic N) is 6. The van der Waals surface area contributed by atoms with E-state index in [2.05, 4.69) is 10.4 Å². The molecule has 4 heterocycles. The first-order valence-corrected chi connectivity index (χ1v) is 20.4. The quantitative estimate of drug-likeness (QED) is 0.140. The number of benzene rings is 4. The number of aromatic nitrogens is 5. The Bertz CT molecular complexity index is 3060. The molecule has 318 valence electrons. The minimum absolute atomic E-state index is 0.0638. The Morgan fingerprint density at radius 2 is 1.61 bits per heavy atom. The van der Waals surface area contributed by atoms with Crippen molar-refractivity contribution in [2.45, 2.75) is 43.3 Å². The van der Waals surface area contributed by atoms with Crippen LogP contribution in [0.4, 0.5) is 5.69 Å². The first-order chi connectivity index (χ1) is 29.8. The second-order valence-corrected chi connectivity index (χ2v) is 16.2. The van der Waals surface area contributed by atoms with E-state index < -0.39 is 52.0 Å². The van der Waals surface area contributed by atoms with Gasteiger partial charge in [-0.15, -0.1) is 0 Å². The molecule has 1 saturated carbocycles. The van der Waals surface area contributed by atoms with Crippen LogP contribution in [0.25, 0.3) is 11.0 Å². The van der Waals surface area contributed by atoms with Crippen molar-refractivity contribution < 1.29 is 28.9 Å². The summed E-state index contributed by atoms with van der Waals surface area (Å²) in [5.74, 6) is -2.19. The van der Waals surface area contributed by atoms with Gasteiger partial charge in [-0.05, 0) is 54.0 Å². The van der Waals surface area contributed by atoms with E-state index in [-0.39, 0.29) is 48.1 Å². The second-order valence-electron chi connectivity index (χ2n) is 15.3. The second kappa shape index (κ2) is 15.3. The van der Waals surface area contributed by atoms with Crippen LogP contribution in [-0.4, -0.2) is 66.7 Å². The fourth-order valence-electron chi connectivity index (χ4n) is 9.51. The average molecular weight is 881 g/mol. The maximum Gasteiger partial charge on any atom is 0.347 e. The molecule has 0 unspecified atom stereocenters. The SMILES string of the molecule is COc1ccc([C@@]23C(=O)N(Nc4ccc(Cl)cc4Cl)C(=O)[C@@H]2C[C@@H]2C(=CCn4c(=O)n(CCc5nc6cc(OC)c(OC)cc6n(C)c5=O)c(=O)n42)[C@@H]3c2ccccc2O)cc1. The Labute approximate surface area is 362 Å². The number of phenols is 1. The summed E-state index contributed by atoms with van der Waals surface area (Å²) in [7, 11) is 6.09. The molecule has 2 amide bonds. The van der Waals surface area contributed by atoms with Crippen molar-refractivity contribution in [2.75, 3.05) is 26.8 Å². The molecule has 16 nitrogen and oxygen atoms in total. The normalized spacial score (nSPS) is 20.4. The molecule has 2 aromatic heterocycles. The van der Waals surface area contributed by atoms with Crippen molar-refractivity contribution in [1.29, 1.82) is 0 Å². The minimum Gasteiger partial charge on any atom is -0.508 e. The molecule has 4 aromatic carbocycles. The van der Waals surface area contributed by atoms with Gasteiger partial charge in [0, 0.05) is 48.6 Å². The molecular formula is C44H39Cl2N7O9. The Morgan fingerprint density at radius 1 is 0.887 bits per heavy atom. The molecule has 2 fully saturated rings. The first kappa shape index (κ1) is 40.6. The van der Waals surface area contributed by atoms with E-state index in [4.69, 9.17) is 37.4 Å². The van der Waals surface area contributed by atoms with E-state index in [9.17, 15) is 24.3 Å². The van der Waals surface area contributed by atoms with Crippen LogP contribution in [-0.2, 0) is 41.6 Å². The Balaban J connectivity index is 1.17. The maximum absolute atomic E-state index is 15.4. The van der Waals surface area contributed by atoms with Gasteiger partial charge < -0.3 is 23.9 Å². The number of rotatable bonds is 10. The van der Waals surface area contributed by atoms with Crippen LogP contribution in [0.5, 0.6) is 23.0 Å². The number of carbonyl (C=O) groups is 2. The summed E-state index contributed by atoms with van der Waals surface area (Å²) in [5.41, 5.74) is 2.22. The predicted octanol–water partition coefficient (Wildman–Crippen LogP) is 4.96. The van der Waals surface area contributed by atoms with Crippen molar-refractivity contribution in [3.05, 3.63) is 149 Å². The Morgan fingerprint density at radius 3 is 2.31 bits per heavy atom. The van der Waals surface area contributed by atoms with Gasteiger partial charge in [-0.25, -0.2) is 28.5 Å². The topological polar surface area (TPSA) is 181 Å². The predicted molar refractivity (Wildman–Crippen MR) is 229 cm³/mol. The number of hydrazine groups is 1. The number of phenolic OH excluding ortho intramolecular Hbond substituents is 1. The van der Waals surface area contributed by atoms with Crippen LogP contribution in [0, 0.1) is 5.92 Å². The zero-order chi connectivity index (χ0) is 43.8. The number of imide groups is 1. The molecular weight excluding hydrogens is 841 g/mol. The molecule has 0 spiro atoms. The van der Waals surface area contributed by atoms with E-state index in [0.29, 0.717) is 50.0 Å². The van der Waals surface area contributed by atoms with Gasteiger partial charge in [-0.3, -0.25) is 19.8 Å². The number of carbonyl (C=O) groups excluding carboxylic acids is 2. The van der Waals surface area contributed by atoms with Gasteiger partial charge in [0.2, 0.25) is 0 Å². The number of amides is 2. The lowest BCUT2D eigenvalue weighted by Gasteiger charge is -2.49. The van der Waals surface area contributed by atoms with Crippen LogP contribution in [0.3, 0.4) is 0 Å². The van der Waals surface area contributed by atoms with Crippen LogP contribution >= 0.6 is 23.2 Å². The highest BCUT2D eigenvalue weighted by Crippen LogP contribution is 2.63. The number of para-hydroxylation sites is 1. The number of aromatic hydroxyl groups is 1. The third kappa shape index (κ3) is 6.02. The van der Waals surface area contributed by atoms with Gasteiger partial charge in [0.05, 0.1) is 67.0 Å². The van der Waals surface area contributed by atoms with Crippen LogP contribution < -0.4 is 36.6 Å². The molecule has 6 aromatic rings. The number of hydrogen-bond donors (Lipinski definition) is 2. The zero-order valence-corrected chi connectivity index (χ0v) is 35.3. The molecule has 1 saturated heterocycles. The summed E-state index contributed by atoms with van der Waals surface area (Å²) in [6.07, 6.45) is 1.65. The number of allylic oxidation sites excluding steroid dienone is 2. The lowest BCUT2D eigenvalue weighted by molar-refractivity contribution is -0.138. The molecule has 62 heavy (non-hydrogen) atoms. The highest BCUT2D eigenvalue weighted by molar-refractivity contribution is 6.36. The average Bonchev–Trinajstić information content (AvgIpc) is 3.64. The van der Waals surface area contributed by atoms with E-state index >= 15 is 4.79 Å². The van der Waals surface area contributed by atoms with Gasteiger partial charge in [-0.2, -0.15) is 5.01 Å². The number of nitrogens with one attached hydrogen (secondary N) is 1. The summed E-state index contributed by atoms with van der Waals surface area (Å²) in [6.45, 7) is -0.255. The van der Waals surface area contributed by atoms with Gasteiger partial charge in [0.25, 0.3) is 17.4 Å². The molecule has 9 rings (SSSR count). The number of ether oxygens (including phenoxy) is 3. The van der Waals surface area contributed by atoms with Crippen LogP contribution in [0.2, 0.25) is 10.0 Å². The molecule has 0 bridgehead atoms. The largest absolute Gasteiger partial charge is 0.508 e. The number of halogens is 2. The molecule has 2 N–H and O–H groups in total. The summed E-state index contributed by atoms with van der Waals surface area (Å²) in [6, 6.07) is 20.4. The Kier molecular flexibility index (Phi) is 10.0. The van der Waals surface area contributed by atoms with E-state index in [0.717, 1.165) is 9.58 Å². The van der Waals surface area contributed by atoms with Gasteiger partial charge in [0.1, 0.15) is 17.2 Å². The smallest absolute Gasteiger partial charge is 0.347 e. The number of aryl methyl sites for hydroxylation is 2. The van der Waals surface area contributed by atoms with E-state index in [1.807, 2.05) is 0 Å². The lowest BCUT2D eigenvalue weighted by atomic mass is 9.53. The van der Waals surface area contributed by atoms with Gasteiger partial charge in [-0.1, -0.05) is 59.6 Å². The molecule has 3 aliphatic rings. The van der Waals surface area contributed by atoms with Crippen molar-refractivity contribution in [1.82, 2.24) is 28.5 Å². The zero-order valence-electron chi connectivity index (χ0n) is 33.8. The third-order valence-electron chi connectivity index (χ3n) is 12.4. The molecule has 1 aliphatic carbocycles. The minimum atomic E-state index is -1.68. The number of anilines is 1. The summed E-state index contributed by atoms with van der Waals surface area (Å²) in [5, 5.41) is 13.0. The van der Waals surface area contributed by atoms with Crippen molar-refractivity contribution >= 4 is 51.7 Å². The fourth-order valence-corrected chi connectivity index (χ4v) is 9.96. The summed E-state index contributed by atoms with van der Waals surface area (Å²) in [4.78, 5) is 77.4. The Hall–Kier alpha value is -6.78. The molecule has 0 radical (unpaired) electrons. The number of methoxy groups -OCH3 is 3. The standard InChI is InChI=1S/C44H39Cl2N7O9/c1-49-34-22-37(62-4)36(61-3)21-32(34)47-31(40(49)56)16-17-50-42(58)51-18-15-26-33(53(51)43(50)59)20-28-39(55)52(48-30-14-11-24(45)19-29(30)46)41(57)44(28,23-9-12-25(60-2)13-10-23)38(26)27-7-5-6-8-35(27)54/h5-15,19,21-22,28,33,38,48,54H,16-18,20H2,1-4H3/t28-,33+,38+,44+/m0/s1. The maximum atomic E-state index is 15.4. The number of fused-ring (bicyclic) bond motifs is 5. The van der Waals surface area contributed by atoms with Crippen molar-refractivity contribution in [3.8, 4) is 23.0 Å². The van der Waals surface area contributed by atoms with E-state index in [1.165, 1.54) is 47.4 Å². The summed E-state index contributed by atoms with van der Waals surface area (Å²) >= 11 is 12.7. The van der Waals surface area contributed by atoms with Crippen LogP contribution in [0.1, 0.15) is 35.2 Å². The lowest BCUT2D eigenvalue weighted by Crippen LogP contribution is -2.53. The molecule has 18 heteroatoms. The van der Waals surface area contributed by atoms with Gasteiger partial charge in [0.15, 0.2) is 11.5 Å². The van der Waals surface area contributed by atoms with Crippen molar-refractivity contribution in [2.24, 2.45) is 13.0 Å². The van der Waals surface area contributed by atoms with Gasteiger partial charge >= 0.3 is 11.4 Å². The summed E-state index contributed by atoms with van der Waals surface area (Å²) < 4.78 is 21.4. The molecule has 4 atom stereocenters. The third-order valence-corrected chi connectivity index (χ3v) is 12.9.